The molecule has 0 aromatic heterocycles. The molecule has 0 aromatic rings. The minimum Gasteiger partial charge on any atom is -0.444 e. The van der Waals surface area contributed by atoms with E-state index in [4.69, 9.17) is 9.47 Å². The lowest BCUT2D eigenvalue weighted by molar-refractivity contribution is 0.000506. The van der Waals surface area contributed by atoms with Gasteiger partial charge in [-0.3, -0.25) is 0 Å². The molecule has 0 rings (SSSR count). The maximum absolute atomic E-state index is 11.8. The molecule has 0 saturated heterocycles. The van der Waals surface area contributed by atoms with Crippen LogP contribution in [0.4, 0.5) is 4.79 Å². The number of nitrogens with one attached hydrogen (secondary N) is 1. The van der Waals surface area contributed by atoms with Crippen molar-refractivity contribution in [2.45, 2.75) is 59.7 Å². The number of aliphatic hydroxyl groups excluding tert-OH is 1. The Bertz CT molecular complexity index is 299. The lowest BCUT2D eigenvalue weighted by Gasteiger charge is -2.38. The van der Waals surface area contributed by atoms with Crippen LogP contribution in [0.25, 0.3) is 0 Å². The first-order valence-corrected chi connectivity index (χ1v) is 7.17. The predicted octanol–water partition coefficient (Wildman–Crippen LogP) is 2.57. The first kappa shape index (κ1) is 19.2. The lowest BCUT2D eigenvalue weighted by Crippen LogP contribution is -2.46. The van der Waals surface area contributed by atoms with Gasteiger partial charge in [-0.15, -0.1) is 0 Å². The highest BCUT2D eigenvalue weighted by atomic mass is 16.6. The van der Waals surface area contributed by atoms with Gasteiger partial charge in [0.05, 0.1) is 12.7 Å². The lowest BCUT2D eigenvalue weighted by atomic mass is 9.73. The SMILES string of the molecule is COC(C)CC(CO)(CNC(=O)OC(C)(C)C)C(C)C. The molecule has 0 spiro atoms. The molecule has 2 unspecified atom stereocenters. The highest BCUT2D eigenvalue weighted by molar-refractivity contribution is 5.67. The summed E-state index contributed by atoms with van der Waals surface area (Å²) in [6, 6.07) is 0. The predicted molar refractivity (Wildman–Crippen MR) is 79.7 cm³/mol. The van der Waals surface area contributed by atoms with E-state index in [1.165, 1.54) is 0 Å². The largest absolute Gasteiger partial charge is 0.444 e. The molecule has 0 aliphatic heterocycles. The Balaban J connectivity index is 4.70. The Hall–Kier alpha value is -0.810. The molecule has 0 radical (unpaired) electrons. The van der Waals surface area contributed by atoms with Crippen molar-refractivity contribution in [3.63, 3.8) is 0 Å². The van der Waals surface area contributed by atoms with Gasteiger partial charge in [0.2, 0.25) is 0 Å². The van der Waals surface area contributed by atoms with Gasteiger partial charge in [-0.25, -0.2) is 4.79 Å². The van der Waals surface area contributed by atoms with Crippen molar-refractivity contribution < 1.29 is 19.4 Å². The molecule has 5 nitrogen and oxygen atoms in total. The Morgan fingerprint density at radius 2 is 1.80 bits per heavy atom. The Labute approximate surface area is 123 Å². The zero-order valence-corrected chi connectivity index (χ0v) is 13.9. The fourth-order valence-corrected chi connectivity index (χ4v) is 2.03. The second-order valence-electron chi connectivity index (χ2n) is 6.78. The van der Waals surface area contributed by atoms with Gasteiger partial charge in [-0.1, -0.05) is 13.8 Å². The third-order valence-corrected chi connectivity index (χ3v) is 3.62. The van der Waals surface area contributed by atoms with E-state index < -0.39 is 17.1 Å². The summed E-state index contributed by atoms with van der Waals surface area (Å²) < 4.78 is 10.5. The Morgan fingerprint density at radius 1 is 1.25 bits per heavy atom. The number of rotatable bonds is 7. The van der Waals surface area contributed by atoms with Crippen molar-refractivity contribution >= 4 is 6.09 Å². The topological polar surface area (TPSA) is 67.8 Å². The van der Waals surface area contributed by atoms with E-state index in [1.54, 1.807) is 7.11 Å². The van der Waals surface area contributed by atoms with Crippen LogP contribution in [0.5, 0.6) is 0 Å². The highest BCUT2D eigenvalue weighted by Crippen LogP contribution is 2.32. The van der Waals surface area contributed by atoms with Crippen LogP contribution >= 0.6 is 0 Å². The van der Waals surface area contributed by atoms with Gasteiger partial charge in [0.25, 0.3) is 0 Å². The first-order chi connectivity index (χ1) is 9.06. The minimum absolute atomic E-state index is 0.00579. The third kappa shape index (κ3) is 6.57. The zero-order chi connectivity index (χ0) is 16.0. The molecule has 0 heterocycles. The molecular weight excluding hydrogens is 258 g/mol. The number of aliphatic hydroxyl groups is 1. The summed E-state index contributed by atoms with van der Waals surface area (Å²) in [7, 11) is 1.65. The summed E-state index contributed by atoms with van der Waals surface area (Å²) in [5.74, 6) is 0.208. The number of carbonyl (C=O) groups is 1. The van der Waals surface area contributed by atoms with Crippen LogP contribution in [0.1, 0.15) is 48.0 Å². The fraction of sp³-hybridized carbons (Fsp3) is 0.933. The van der Waals surface area contributed by atoms with Gasteiger partial charge in [0, 0.05) is 19.1 Å². The Kier molecular flexibility index (Phi) is 7.52. The summed E-state index contributed by atoms with van der Waals surface area (Å²) in [4.78, 5) is 11.8. The Morgan fingerprint density at radius 3 is 2.15 bits per heavy atom. The van der Waals surface area contributed by atoms with Gasteiger partial charge in [0.1, 0.15) is 5.60 Å². The maximum atomic E-state index is 11.8. The van der Waals surface area contributed by atoms with E-state index in [0.29, 0.717) is 13.0 Å². The average Bonchev–Trinajstić information content (AvgIpc) is 2.31. The van der Waals surface area contributed by atoms with Crippen molar-refractivity contribution in [3.8, 4) is 0 Å². The van der Waals surface area contributed by atoms with Crippen LogP contribution in [0, 0.1) is 11.3 Å². The minimum atomic E-state index is -0.524. The molecule has 2 N–H and O–H groups in total. The van der Waals surface area contributed by atoms with Crippen molar-refractivity contribution in [1.29, 1.82) is 0 Å². The molecule has 0 saturated carbocycles. The second-order valence-corrected chi connectivity index (χ2v) is 6.78. The van der Waals surface area contributed by atoms with E-state index in [0.717, 1.165) is 0 Å². The van der Waals surface area contributed by atoms with E-state index in [-0.39, 0.29) is 18.6 Å². The van der Waals surface area contributed by atoms with Crippen LogP contribution in [0.15, 0.2) is 0 Å². The average molecular weight is 289 g/mol. The summed E-state index contributed by atoms with van der Waals surface area (Å²) >= 11 is 0. The molecule has 0 aromatic carbocycles. The zero-order valence-electron chi connectivity index (χ0n) is 13.9. The number of amides is 1. The molecule has 2 atom stereocenters. The number of carbonyl (C=O) groups excluding carboxylic acids is 1. The normalized spacial score (nSPS) is 16.6. The molecule has 0 fully saturated rings. The van der Waals surface area contributed by atoms with Crippen LogP contribution in [0.3, 0.4) is 0 Å². The standard InChI is InChI=1S/C15H31NO4/c1-11(2)15(10-17,8-12(3)19-7)9-16-13(18)20-14(4,5)6/h11-12,17H,8-10H2,1-7H3,(H,16,18). The van der Waals surface area contributed by atoms with Gasteiger partial charge in [-0.2, -0.15) is 0 Å². The van der Waals surface area contributed by atoms with E-state index in [9.17, 15) is 9.90 Å². The van der Waals surface area contributed by atoms with Crippen LogP contribution in [-0.4, -0.2) is 43.2 Å². The van der Waals surface area contributed by atoms with Crippen molar-refractivity contribution in [1.82, 2.24) is 5.32 Å². The maximum Gasteiger partial charge on any atom is 0.407 e. The number of methoxy groups -OCH3 is 1. The molecule has 5 heteroatoms. The quantitative estimate of drug-likeness (QED) is 0.756. The second kappa shape index (κ2) is 7.84. The highest BCUT2D eigenvalue weighted by Gasteiger charge is 2.35. The summed E-state index contributed by atoms with van der Waals surface area (Å²) in [5, 5.41) is 12.6. The van der Waals surface area contributed by atoms with Gasteiger partial charge in [0.15, 0.2) is 0 Å². The first-order valence-electron chi connectivity index (χ1n) is 7.17. The van der Waals surface area contributed by atoms with Crippen LogP contribution in [0.2, 0.25) is 0 Å². The molecular formula is C15H31NO4. The number of ether oxygens (including phenoxy) is 2. The number of alkyl carbamates (subject to hydrolysis) is 1. The van der Waals surface area contributed by atoms with E-state index in [2.05, 4.69) is 5.32 Å². The molecule has 0 bridgehead atoms. The summed E-state index contributed by atoms with van der Waals surface area (Å²) in [5.41, 5.74) is -0.935. The van der Waals surface area contributed by atoms with Gasteiger partial charge < -0.3 is 19.9 Å². The van der Waals surface area contributed by atoms with Gasteiger partial charge >= 0.3 is 6.09 Å². The number of hydrogen-bond acceptors (Lipinski definition) is 4. The van der Waals surface area contributed by atoms with Crippen molar-refractivity contribution in [3.05, 3.63) is 0 Å². The fourth-order valence-electron chi connectivity index (χ4n) is 2.03. The van der Waals surface area contributed by atoms with Crippen molar-refractivity contribution in [2.75, 3.05) is 20.3 Å². The number of hydrogen-bond donors (Lipinski definition) is 2. The molecule has 0 aliphatic rings. The molecule has 20 heavy (non-hydrogen) atoms. The third-order valence-electron chi connectivity index (χ3n) is 3.62. The van der Waals surface area contributed by atoms with E-state index in [1.807, 2.05) is 41.5 Å². The molecule has 120 valence electrons. The summed E-state index contributed by atoms with van der Waals surface area (Å²) in [6.45, 7) is 11.9. The van der Waals surface area contributed by atoms with Crippen molar-refractivity contribution in [2.24, 2.45) is 11.3 Å². The van der Waals surface area contributed by atoms with Crippen LogP contribution < -0.4 is 5.32 Å². The van der Waals surface area contributed by atoms with Crippen LogP contribution in [-0.2, 0) is 9.47 Å². The van der Waals surface area contributed by atoms with Gasteiger partial charge in [-0.05, 0) is 40.0 Å². The molecule has 1 amide bonds. The van der Waals surface area contributed by atoms with E-state index >= 15 is 0 Å². The monoisotopic (exact) mass is 289 g/mol. The smallest absolute Gasteiger partial charge is 0.407 e. The summed E-state index contributed by atoms with van der Waals surface area (Å²) in [6.07, 6.45) is 0.235. The molecule has 0 aliphatic carbocycles.